The molecule has 23 heavy (non-hydrogen) atoms. The summed E-state index contributed by atoms with van der Waals surface area (Å²) in [5.41, 5.74) is 3.57. The van der Waals surface area contributed by atoms with Gasteiger partial charge in [-0.05, 0) is 17.2 Å². The highest BCUT2D eigenvalue weighted by atomic mass is 15.0. The van der Waals surface area contributed by atoms with Crippen molar-refractivity contribution in [2.24, 2.45) is 0 Å². The van der Waals surface area contributed by atoms with Crippen LogP contribution < -0.4 is 5.32 Å². The van der Waals surface area contributed by atoms with Gasteiger partial charge in [-0.25, -0.2) is 4.98 Å². The average Bonchev–Trinajstić information content (AvgIpc) is 3.04. The van der Waals surface area contributed by atoms with Crippen LogP contribution in [-0.4, -0.2) is 16.1 Å². The quantitative estimate of drug-likeness (QED) is 0.674. The number of nitrogens with zero attached hydrogens (tertiary/aromatic N) is 2. The third-order valence-corrected chi connectivity index (χ3v) is 3.58. The lowest BCUT2D eigenvalue weighted by molar-refractivity contribution is 0.761. The average molecular weight is 303 g/mol. The van der Waals surface area contributed by atoms with Gasteiger partial charge < -0.3 is 9.88 Å². The Labute approximate surface area is 137 Å². The summed E-state index contributed by atoms with van der Waals surface area (Å²) in [5.74, 6) is 0. The molecule has 0 aliphatic rings. The summed E-state index contributed by atoms with van der Waals surface area (Å²) in [4.78, 5) is 4.42. The lowest BCUT2D eigenvalue weighted by atomic mass is 10.2. The zero-order chi connectivity index (χ0) is 15.7. The third kappa shape index (κ3) is 4.94. The van der Waals surface area contributed by atoms with E-state index in [1.54, 1.807) is 0 Å². The summed E-state index contributed by atoms with van der Waals surface area (Å²) < 4.78 is 2.10. The van der Waals surface area contributed by atoms with E-state index >= 15 is 0 Å². The lowest BCUT2D eigenvalue weighted by Crippen LogP contribution is -2.12. The van der Waals surface area contributed by atoms with Gasteiger partial charge >= 0.3 is 0 Å². The molecule has 1 heterocycles. The minimum atomic E-state index is 0.834. The molecule has 2 aromatic carbocycles. The SMILES string of the molecule is C(=C\c1cn(Cc2ccccc2)cn1)/CNCc1ccccc1. The molecule has 116 valence electrons. The Kier molecular flexibility index (Phi) is 5.38. The van der Waals surface area contributed by atoms with Gasteiger partial charge in [0.25, 0.3) is 0 Å². The summed E-state index contributed by atoms with van der Waals surface area (Å²) in [5, 5.41) is 3.40. The first-order chi connectivity index (χ1) is 11.4. The van der Waals surface area contributed by atoms with Crippen LogP contribution in [0.1, 0.15) is 16.8 Å². The summed E-state index contributed by atoms with van der Waals surface area (Å²) in [6.07, 6.45) is 8.11. The summed E-state index contributed by atoms with van der Waals surface area (Å²) >= 11 is 0. The molecule has 0 saturated carbocycles. The van der Waals surface area contributed by atoms with Crippen LogP contribution in [0, 0.1) is 0 Å². The molecule has 0 aliphatic carbocycles. The fraction of sp³-hybridized carbons (Fsp3) is 0.150. The second-order valence-corrected chi connectivity index (χ2v) is 5.48. The number of nitrogens with one attached hydrogen (secondary N) is 1. The fourth-order valence-electron chi connectivity index (χ4n) is 2.42. The molecule has 3 rings (SSSR count). The number of hydrogen-bond donors (Lipinski definition) is 1. The minimum Gasteiger partial charge on any atom is -0.332 e. The second kappa shape index (κ2) is 8.11. The molecule has 3 nitrogen and oxygen atoms in total. The molecule has 1 N–H and O–H groups in total. The predicted molar refractivity (Wildman–Crippen MR) is 95.0 cm³/mol. The molecule has 0 radical (unpaired) electrons. The molecule has 0 saturated heterocycles. The highest BCUT2D eigenvalue weighted by Gasteiger charge is 1.96. The van der Waals surface area contributed by atoms with Gasteiger partial charge in [-0.15, -0.1) is 0 Å². The molecular weight excluding hydrogens is 282 g/mol. The van der Waals surface area contributed by atoms with E-state index in [2.05, 4.69) is 81.7 Å². The second-order valence-electron chi connectivity index (χ2n) is 5.48. The zero-order valence-electron chi connectivity index (χ0n) is 13.1. The van der Waals surface area contributed by atoms with Gasteiger partial charge in [0.1, 0.15) is 0 Å². The van der Waals surface area contributed by atoms with E-state index in [1.807, 2.05) is 18.5 Å². The van der Waals surface area contributed by atoms with Crippen molar-refractivity contribution >= 4 is 6.08 Å². The number of imidazole rings is 1. The topological polar surface area (TPSA) is 29.9 Å². The molecule has 0 fully saturated rings. The van der Waals surface area contributed by atoms with Crippen molar-refractivity contribution < 1.29 is 0 Å². The van der Waals surface area contributed by atoms with Gasteiger partial charge in [-0.1, -0.05) is 66.7 Å². The van der Waals surface area contributed by atoms with E-state index in [1.165, 1.54) is 11.1 Å². The largest absolute Gasteiger partial charge is 0.332 e. The molecule has 1 aromatic heterocycles. The van der Waals surface area contributed by atoms with E-state index in [9.17, 15) is 0 Å². The smallest absolute Gasteiger partial charge is 0.0956 e. The summed E-state index contributed by atoms with van der Waals surface area (Å²) in [7, 11) is 0. The van der Waals surface area contributed by atoms with Crippen LogP contribution in [0.3, 0.4) is 0 Å². The fourth-order valence-corrected chi connectivity index (χ4v) is 2.42. The van der Waals surface area contributed by atoms with E-state index < -0.39 is 0 Å². The highest BCUT2D eigenvalue weighted by Crippen LogP contribution is 2.05. The van der Waals surface area contributed by atoms with Gasteiger partial charge in [0.2, 0.25) is 0 Å². The standard InChI is InChI=1S/C20H21N3/c1-3-8-18(9-4-1)14-21-13-7-12-20-16-23(17-22-20)15-19-10-5-2-6-11-19/h1-12,16-17,21H,13-15H2/b12-7+. The number of rotatable bonds is 7. The monoisotopic (exact) mass is 303 g/mol. The molecule has 3 heteroatoms. The van der Waals surface area contributed by atoms with Gasteiger partial charge in [-0.2, -0.15) is 0 Å². The first-order valence-corrected chi connectivity index (χ1v) is 7.87. The Morgan fingerprint density at radius 2 is 1.61 bits per heavy atom. The van der Waals surface area contributed by atoms with Gasteiger partial charge in [0.05, 0.1) is 12.0 Å². The number of hydrogen-bond acceptors (Lipinski definition) is 2. The maximum Gasteiger partial charge on any atom is 0.0956 e. The molecule has 0 aliphatic heterocycles. The van der Waals surface area contributed by atoms with Crippen molar-refractivity contribution in [3.05, 3.63) is 96.1 Å². The van der Waals surface area contributed by atoms with E-state index in [0.29, 0.717) is 0 Å². The van der Waals surface area contributed by atoms with Crippen molar-refractivity contribution in [3.8, 4) is 0 Å². The molecule has 0 atom stereocenters. The minimum absolute atomic E-state index is 0.834. The molecule has 0 unspecified atom stereocenters. The van der Waals surface area contributed by atoms with Gasteiger partial charge in [-0.3, -0.25) is 0 Å². The van der Waals surface area contributed by atoms with Crippen molar-refractivity contribution in [2.75, 3.05) is 6.54 Å². The van der Waals surface area contributed by atoms with Crippen LogP contribution in [0.5, 0.6) is 0 Å². The third-order valence-electron chi connectivity index (χ3n) is 3.58. The van der Waals surface area contributed by atoms with Crippen LogP contribution in [0.15, 0.2) is 79.3 Å². The Morgan fingerprint density at radius 1 is 0.913 bits per heavy atom. The van der Waals surface area contributed by atoms with Crippen LogP contribution in [0.25, 0.3) is 6.08 Å². The van der Waals surface area contributed by atoms with Crippen LogP contribution >= 0.6 is 0 Å². The van der Waals surface area contributed by atoms with Crippen molar-refractivity contribution in [1.82, 2.24) is 14.9 Å². The van der Waals surface area contributed by atoms with Gasteiger partial charge in [0, 0.05) is 25.8 Å². The molecule has 0 bridgehead atoms. The zero-order valence-corrected chi connectivity index (χ0v) is 13.1. The van der Waals surface area contributed by atoms with E-state index in [4.69, 9.17) is 0 Å². The maximum atomic E-state index is 4.42. The Hall–Kier alpha value is -2.65. The van der Waals surface area contributed by atoms with Crippen LogP contribution in [-0.2, 0) is 13.1 Å². The Morgan fingerprint density at radius 3 is 2.35 bits per heavy atom. The Balaban J connectivity index is 1.45. The first-order valence-electron chi connectivity index (χ1n) is 7.87. The van der Waals surface area contributed by atoms with Crippen molar-refractivity contribution in [3.63, 3.8) is 0 Å². The van der Waals surface area contributed by atoms with Crippen molar-refractivity contribution in [2.45, 2.75) is 13.1 Å². The number of aromatic nitrogens is 2. The number of benzene rings is 2. The van der Waals surface area contributed by atoms with Gasteiger partial charge in [0.15, 0.2) is 0 Å². The molecule has 0 spiro atoms. The molecule has 0 amide bonds. The first kappa shape index (κ1) is 15.3. The summed E-state index contributed by atoms with van der Waals surface area (Å²) in [6.45, 7) is 2.57. The molecule has 3 aromatic rings. The van der Waals surface area contributed by atoms with Crippen LogP contribution in [0.4, 0.5) is 0 Å². The highest BCUT2D eigenvalue weighted by molar-refractivity contribution is 5.43. The normalized spacial score (nSPS) is 11.1. The Bertz CT molecular complexity index is 730. The summed E-state index contributed by atoms with van der Waals surface area (Å²) in [6, 6.07) is 20.8. The maximum absolute atomic E-state index is 4.42. The van der Waals surface area contributed by atoms with Crippen molar-refractivity contribution in [1.29, 1.82) is 0 Å². The van der Waals surface area contributed by atoms with Crippen LogP contribution in [0.2, 0.25) is 0 Å². The molecular formula is C20H21N3. The lowest BCUT2D eigenvalue weighted by Gasteiger charge is -2.01. The van der Waals surface area contributed by atoms with E-state index in [-0.39, 0.29) is 0 Å². The van der Waals surface area contributed by atoms with E-state index in [0.717, 1.165) is 25.3 Å². The predicted octanol–water partition coefficient (Wildman–Crippen LogP) is 3.73.